The molecule has 0 saturated heterocycles. The Morgan fingerprint density at radius 1 is 1.69 bits per heavy atom. The third-order valence-corrected chi connectivity index (χ3v) is 2.88. The number of rotatable bonds is 4. The molecule has 1 saturated carbocycles. The average Bonchev–Trinajstić information content (AvgIpc) is 2.24. The molecule has 0 spiro atoms. The van der Waals surface area contributed by atoms with Crippen LogP contribution >= 0.6 is 0 Å². The topological polar surface area (TPSA) is 87.2 Å². The lowest BCUT2D eigenvalue weighted by molar-refractivity contribution is -0.0202. The standard InChI is InChI=1S/C10H15N3O3/c1-16-7-8(12-6-13-9(7)14)11-5-10(15)3-2-4-10/h6,15H,2-5H2,1H3,(H2,11,12,13,14). The molecular weight excluding hydrogens is 210 g/mol. The molecule has 6 nitrogen and oxygen atoms in total. The number of anilines is 1. The molecule has 16 heavy (non-hydrogen) atoms. The summed E-state index contributed by atoms with van der Waals surface area (Å²) in [5, 5.41) is 12.8. The van der Waals surface area contributed by atoms with E-state index >= 15 is 0 Å². The van der Waals surface area contributed by atoms with Gasteiger partial charge in [-0.05, 0) is 19.3 Å². The fourth-order valence-corrected chi connectivity index (χ4v) is 1.71. The van der Waals surface area contributed by atoms with Gasteiger partial charge in [-0.2, -0.15) is 0 Å². The van der Waals surface area contributed by atoms with E-state index in [2.05, 4.69) is 15.3 Å². The number of nitrogens with one attached hydrogen (secondary N) is 2. The Morgan fingerprint density at radius 3 is 3.00 bits per heavy atom. The Kier molecular flexibility index (Phi) is 2.82. The first-order chi connectivity index (χ1) is 7.64. The van der Waals surface area contributed by atoms with Crippen molar-refractivity contribution in [1.29, 1.82) is 0 Å². The predicted molar refractivity (Wildman–Crippen MR) is 58.7 cm³/mol. The number of methoxy groups -OCH3 is 1. The van der Waals surface area contributed by atoms with Gasteiger partial charge in [-0.1, -0.05) is 0 Å². The lowest BCUT2D eigenvalue weighted by Gasteiger charge is -2.36. The van der Waals surface area contributed by atoms with Crippen LogP contribution in [0.4, 0.5) is 5.82 Å². The summed E-state index contributed by atoms with van der Waals surface area (Å²) < 4.78 is 4.94. The third-order valence-electron chi connectivity index (χ3n) is 2.88. The summed E-state index contributed by atoms with van der Waals surface area (Å²) in [6.07, 6.45) is 3.91. The quantitative estimate of drug-likeness (QED) is 0.676. The van der Waals surface area contributed by atoms with Gasteiger partial charge >= 0.3 is 0 Å². The van der Waals surface area contributed by atoms with E-state index in [9.17, 15) is 9.90 Å². The Morgan fingerprint density at radius 2 is 2.44 bits per heavy atom. The molecule has 1 aromatic heterocycles. The largest absolute Gasteiger partial charge is 0.489 e. The molecule has 0 aliphatic heterocycles. The number of aromatic amines is 1. The number of aromatic nitrogens is 2. The molecule has 2 rings (SSSR count). The third kappa shape index (κ3) is 2.01. The van der Waals surface area contributed by atoms with Gasteiger partial charge in [-0.3, -0.25) is 4.79 Å². The highest BCUT2D eigenvalue weighted by Gasteiger charge is 2.34. The molecule has 1 aliphatic carbocycles. The molecular formula is C10H15N3O3. The normalized spacial score (nSPS) is 17.6. The molecule has 1 fully saturated rings. The molecule has 0 bridgehead atoms. The van der Waals surface area contributed by atoms with Crippen molar-refractivity contribution in [2.24, 2.45) is 0 Å². The molecule has 0 radical (unpaired) electrons. The van der Waals surface area contributed by atoms with Crippen LogP contribution in [0.3, 0.4) is 0 Å². The van der Waals surface area contributed by atoms with Crippen LogP contribution < -0.4 is 15.6 Å². The predicted octanol–water partition coefficient (Wildman–Crippen LogP) is 0.105. The lowest BCUT2D eigenvalue weighted by atomic mass is 9.80. The van der Waals surface area contributed by atoms with Gasteiger partial charge in [0.15, 0.2) is 5.82 Å². The van der Waals surface area contributed by atoms with Gasteiger partial charge < -0.3 is 20.1 Å². The van der Waals surface area contributed by atoms with Crippen molar-refractivity contribution in [3.05, 3.63) is 16.7 Å². The average molecular weight is 225 g/mol. The maximum atomic E-state index is 11.4. The zero-order chi connectivity index (χ0) is 11.6. The Hall–Kier alpha value is -1.56. The molecule has 1 aromatic rings. The molecule has 1 heterocycles. The van der Waals surface area contributed by atoms with Crippen molar-refractivity contribution in [3.63, 3.8) is 0 Å². The molecule has 0 atom stereocenters. The van der Waals surface area contributed by atoms with Crippen LogP contribution in [0.5, 0.6) is 5.75 Å². The van der Waals surface area contributed by atoms with E-state index in [0.717, 1.165) is 19.3 Å². The minimum absolute atomic E-state index is 0.144. The van der Waals surface area contributed by atoms with E-state index in [4.69, 9.17) is 4.74 Å². The maximum absolute atomic E-state index is 11.4. The first-order valence-corrected chi connectivity index (χ1v) is 5.22. The second kappa shape index (κ2) is 4.13. The number of hydrogen-bond acceptors (Lipinski definition) is 5. The van der Waals surface area contributed by atoms with E-state index in [1.807, 2.05) is 0 Å². The highest BCUT2D eigenvalue weighted by molar-refractivity contribution is 5.48. The highest BCUT2D eigenvalue weighted by atomic mass is 16.5. The summed E-state index contributed by atoms with van der Waals surface area (Å²) in [6, 6.07) is 0. The molecule has 0 unspecified atom stereocenters. The Labute approximate surface area is 92.7 Å². The van der Waals surface area contributed by atoms with E-state index in [0.29, 0.717) is 12.4 Å². The van der Waals surface area contributed by atoms with Gasteiger partial charge in [0.05, 0.1) is 19.0 Å². The second-order valence-electron chi connectivity index (χ2n) is 4.04. The molecule has 0 amide bonds. The van der Waals surface area contributed by atoms with Crippen molar-refractivity contribution >= 4 is 5.82 Å². The number of H-pyrrole nitrogens is 1. The summed E-state index contributed by atoms with van der Waals surface area (Å²) in [4.78, 5) is 17.7. The van der Waals surface area contributed by atoms with Crippen molar-refractivity contribution in [2.75, 3.05) is 19.0 Å². The molecule has 1 aliphatic rings. The van der Waals surface area contributed by atoms with Crippen LogP contribution in [0.25, 0.3) is 0 Å². The smallest absolute Gasteiger partial charge is 0.295 e. The summed E-state index contributed by atoms with van der Waals surface area (Å²) >= 11 is 0. The van der Waals surface area contributed by atoms with E-state index in [-0.39, 0.29) is 11.3 Å². The van der Waals surface area contributed by atoms with Crippen LogP contribution in [-0.4, -0.2) is 34.3 Å². The van der Waals surface area contributed by atoms with Crippen LogP contribution in [-0.2, 0) is 0 Å². The molecule has 3 N–H and O–H groups in total. The van der Waals surface area contributed by atoms with E-state index in [1.54, 1.807) is 0 Å². The van der Waals surface area contributed by atoms with E-state index in [1.165, 1.54) is 13.4 Å². The van der Waals surface area contributed by atoms with E-state index < -0.39 is 5.60 Å². The first kappa shape index (κ1) is 10.9. The van der Waals surface area contributed by atoms with Gasteiger partial charge in [-0.15, -0.1) is 0 Å². The monoisotopic (exact) mass is 225 g/mol. The first-order valence-electron chi connectivity index (χ1n) is 5.22. The van der Waals surface area contributed by atoms with Crippen molar-refractivity contribution in [1.82, 2.24) is 9.97 Å². The summed E-state index contributed by atoms with van der Waals surface area (Å²) in [6.45, 7) is 0.389. The SMILES string of the molecule is COc1c(NCC2(O)CCC2)nc[nH]c1=O. The fraction of sp³-hybridized carbons (Fsp3) is 0.600. The van der Waals surface area contributed by atoms with Crippen LogP contribution in [0.2, 0.25) is 0 Å². The van der Waals surface area contributed by atoms with Gasteiger partial charge in [0.25, 0.3) is 5.56 Å². The van der Waals surface area contributed by atoms with Gasteiger partial charge in [0, 0.05) is 6.54 Å². The molecule has 6 heteroatoms. The van der Waals surface area contributed by atoms with Crippen molar-refractivity contribution in [3.8, 4) is 5.75 Å². The maximum Gasteiger partial charge on any atom is 0.295 e. The van der Waals surface area contributed by atoms with Crippen LogP contribution in [0, 0.1) is 0 Å². The fourth-order valence-electron chi connectivity index (χ4n) is 1.71. The summed E-state index contributed by atoms with van der Waals surface area (Å²) in [7, 11) is 1.41. The number of aliphatic hydroxyl groups is 1. The van der Waals surface area contributed by atoms with Gasteiger partial charge in [-0.25, -0.2) is 4.98 Å². The van der Waals surface area contributed by atoms with Crippen LogP contribution in [0.15, 0.2) is 11.1 Å². The summed E-state index contributed by atoms with van der Waals surface area (Å²) in [5.74, 6) is 0.511. The van der Waals surface area contributed by atoms with Crippen LogP contribution in [0.1, 0.15) is 19.3 Å². The number of hydrogen-bond donors (Lipinski definition) is 3. The van der Waals surface area contributed by atoms with Gasteiger partial charge in [0.1, 0.15) is 0 Å². The zero-order valence-corrected chi connectivity index (χ0v) is 9.12. The Bertz CT molecular complexity index is 426. The van der Waals surface area contributed by atoms with Crippen molar-refractivity contribution < 1.29 is 9.84 Å². The zero-order valence-electron chi connectivity index (χ0n) is 9.12. The number of ether oxygens (including phenoxy) is 1. The Balaban J connectivity index is 2.09. The summed E-state index contributed by atoms with van der Waals surface area (Å²) in [5.41, 5.74) is -0.990. The minimum atomic E-state index is -0.657. The minimum Gasteiger partial charge on any atom is -0.489 e. The second-order valence-corrected chi connectivity index (χ2v) is 4.04. The highest BCUT2D eigenvalue weighted by Crippen LogP contribution is 2.31. The lowest BCUT2D eigenvalue weighted by Crippen LogP contribution is -2.43. The number of nitrogens with zero attached hydrogens (tertiary/aromatic N) is 1. The molecule has 88 valence electrons. The molecule has 0 aromatic carbocycles. The van der Waals surface area contributed by atoms with Crippen molar-refractivity contribution in [2.45, 2.75) is 24.9 Å². The van der Waals surface area contributed by atoms with Gasteiger partial charge in [0.2, 0.25) is 5.75 Å².